The Morgan fingerprint density at radius 2 is 2.00 bits per heavy atom. The lowest BCUT2D eigenvalue weighted by Crippen LogP contribution is -2.30. The Hall–Kier alpha value is -0.800. The Morgan fingerprint density at radius 3 is 2.67 bits per heavy atom. The SMILES string of the molecule is Cl.O=c1ccocc1CN1CCCCC1. The van der Waals surface area contributed by atoms with E-state index in [0.29, 0.717) is 0 Å². The van der Waals surface area contributed by atoms with Crippen LogP contribution in [0.4, 0.5) is 0 Å². The molecule has 0 aromatic carbocycles. The smallest absolute Gasteiger partial charge is 0.189 e. The lowest BCUT2D eigenvalue weighted by molar-refractivity contribution is 0.218. The Balaban J connectivity index is 0.00000112. The van der Waals surface area contributed by atoms with Gasteiger partial charge in [0, 0.05) is 18.2 Å². The first kappa shape index (κ1) is 12.3. The fraction of sp³-hybridized carbons (Fsp3) is 0.545. The van der Waals surface area contributed by atoms with Gasteiger partial charge in [-0.3, -0.25) is 9.69 Å². The largest absolute Gasteiger partial charge is 0.472 e. The molecule has 0 atom stereocenters. The van der Waals surface area contributed by atoms with Crippen molar-refractivity contribution in [3.8, 4) is 0 Å². The van der Waals surface area contributed by atoms with E-state index in [1.165, 1.54) is 31.6 Å². The van der Waals surface area contributed by atoms with Gasteiger partial charge in [0.05, 0.1) is 12.5 Å². The van der Waals surface area contributed by atoms with Crippen LogP contribution in [0.3, 0.4) is 0 Å². The zero-order chi connectivity index (χ0) is 9.80. The highest BCUT2D eigenvalue weighted by atomic mass is 35.5. The number of piperidine rings is 1. The Kier molecular flexibility index (Phi) is 4.85. The van der Waals surface area contributed by atoms with E-state index < -0.39 is 0 Å². The Labute approximate surface area is 95.5 Å². The second-order valence-corrected chi connectivity index (χ2v) is 3.78. The minimum Gasteiger partial charge on any atom is -0.472 e. The molecular formula is C11H16ClNO2. The summed E-state index contributed by atoms with van der Waals surface area (Å²) in [6.07, 6.45) is 6.81. The third kappa shape index (κ3) is 3.36. The lowest BCUT2D eigenvalue weighted by Gasteiger charge is -2.25. The van der Waals surface area contributed by atoms with Crippen molar-refractivity contribution in [2.45, 2.75) is 25.8 Å². The maximum atomic E-state index is 11.4. The number of nitrogens with zero attached hydrogens (tertiary/aromatic N) is 1. The van der Waals surface area contributed by atoms with Gasteiger partial charge in [0.2, 0.25) is 0 Å². The molecule has 1 fully saturated rings. The van der Waals surface area contributed by atoms with Crippen molar-refractivity contribution >= 4 is 12.4 Å². The summed E-state index contributed by atoms with van der Waals surface area (Å²) in [4.78, 5) is 13.7. The quantitative estimate of drug-likeness (QED) is 0.778. The van der Waals surface area contributed by atoms with Gasteiger partial charge in [-0.05, 0) is 25.9 Å². The molecule has 15 heavy (non-hydrogen) atoms. The molecule has 0 N–H and O–H groups in total. The molecule has 1 aliphatic rings. The van der Waals surface area contributed by atoms with Crippen molar-refractivity contribution < 1.29 is 4.42 Å². The van der Waals surface area contributed by atoms with Gasteiger partial charge >= 0.3 is 0 Å². The van der Waals surface area contributed by atoms with Crippen LogP contribution in [0.25, 0.3) is 0 Å². The summed E-state index contributed by atoms with van der Waals surface area (Å²) in [7, 11) is 0. The van der Waals surface area contributed by atoms with Gasteiger partial charge in [-0.1, -0.05) is 6.42 Å². The number of halogens is 1. The zero-order valence-electron chi connectivity index (χ0n) is 8.65. The summed E-state index contributed by atoms with van der Waals surface area (Å²) in [5.74, 6) is 0. The van der Waals surface area contributed by atoms with Crippen molar-refractivity contribution in [1.82, 2.24) is 4.90 Å². The van der Waals surface area contributed by atoms with Gasteiger partial charge in [0.15, 0.2) is 5.43 Å². The maximum absolute atomic E-state index is 11.4. The summed E-state index contributed by atoms with van der Waals surface area (Å²) in [6.45, 7) is 2.95. The molecule has 0 spiro atoms. The monoisotopic (exact) mass is 229 g/mol. The number of hydrogen-bond acceptors (Lipinski definition) is 3. The van der Waals surface area contributed by atoms with Gasteiger partial charge in [-0.2, -0.15) is 0 Å². The molecule has 3 nitrogen and oxygen atoms in total. The molecule has 0 aliphatic carbocycles. The van der Waals surface area contributed by atoms with E-state index in [-0.39, 0.29) is 17.8 Å². The second-order valence-electron chi connectivity index (χ2n) is 3.78. The molecule has 2 rings (SSSR count). The van der Waals surface area contributed by atoms with Crippen LogP contribution in [0, 0.1) is 0 Å². The van der Waals surface area contributed by atoms with Crippen LogP contribution in [0.1, 0.15) is 24.8 Å². The molecule has 4 heteroatoms. The third-order valence-electron chi connectivity index (χ3n) is 2.67. The van der Waals surface area contributed by atoms with Gasteiger partial charge in [0.25, 0.3) is 0 Å². The van der Waals surface area contributed by atoms with Crippen LogP contribution in [0.5, 0.6) is 0 Å². The first-order valence-corrected chi connectivity index (χ1v) is 5.14. The second kappa shape index (κ2) is 5.93. The standard InChI is InChI=1S/C11H15NO2.ClH/c13-11-4-7-14-9-10(11)8-12-5-2-1-3-6-12;/h4,7,9H,1-3,5-6,8H2;1H. The van der Waals surface area contributed by atoms with Crippen LogP contribution in [-0.2, 0) is 6.54 Å². The Bertz CT molecular complexity index is 344. The number of hydrogen-bond donors (Lipinski definition) is 0. The van der Waals surface area contributed by atoms with Crippen LogP contribution in [0.2, 0.25) is 0 Å². The average molecular weight is 230 g/mol. The molecule has 1 aromatic heterocycles. The van der Waals surface area contributed by atoms with E-state index in [0.717, 1.165) is 25.2 Å². The highest BCUT2D eigenvalue weighted by molar-refractivity contribution is 5.85. The van der Waals surface area contributed by atoms with Crippen molar-refractivity contribution in [2.75, 3.05) is 13.1 Å². The van der Waals surface area contributed by atoms with Crippen molar-refractivity contribution in [1.29, 1.82) is 0 Å². The molecule has 0 radical (unpaired) electrons. The highest BCUT2D eigenvalue weighted by Crippen LogP contribution is 2.10. The molecule has 0 bridgehead atoms. The molecule has 0 unspecified atom stereocenters. The Morgan fingerprint density at radius 1 is 1.27 bits per heavy atom. The fourth-order valence-corrected chi connectivity index (χ4v) is 1.86. The zero-order valence-corrected chi connectivity index (χ0v) is 9.46. The molecule has 1 aromatic rings. The number of likely N-dealkylation sites (tertiary alicyclic amines) is 1. The molecule has 2 heterocycles. The summed E-state index contributed by atoms with van der Waals surface area (Å²) in [6, 6.07) is 1.49. The molecule has 1 saturated heterocycles. The topological polar surface area (TPSA) is 33.5 Å². The number of rotatable bonds is 2. The highest BCUT2D eigenvalue weighted by Gasteiger charge is 2.11. The van der Waals surface area contributed by atoms with Gasteiger partial charge < -0.3 is 4.42 Å². The summed E-state index contributed by atoms with van der Waals surface area (Å²) in [5, 5.41) is 0. The average Bonchev–Trinajstić information content (AvgIpc) is 2.23. The van der Waals surface area contributed by atoms with Crippen molar-refractivity contribution in [2.24, 2.45) is 0 Å². The first-order valence-electron chi connectivity index (χ1n) is 5.14. The van der Waals surface area contributed by atoms with E-state index in [1.807, 2.05) is 0 Å². The minimum absolute atomic E-state index is 0. The van der Waals surface area contributed by atoms with E-state index in [1.54, 1.807) is 6.26 Å². The molecular weight excluding hydrogens is 214 g/mol. The minimum atomic E-state index is 0. The van der Waals surface area contributed by atoms with Crippen molar-refractivity contribution in [3.05, 3.63) is 34.4 Å². The van der Waals surface area contributed by atoms with Crippen molar-refractivity contribution in [3.63, 3.8) is 0 Å². The summed E-state index contributed by atoms with van der Waals surface area (Å²) in [5.41, 5.74) is 0.858. The van der Waals surface area contributed by atoms with Crippen LogP contribution in [0.15, 0.2) is 27.8 Å². The normalized spacial score (nSPS) is 17.1. The third-order valence-corrected chi connectivity index (χ3v) is 2.67. The van der Waals surface area contributed by atoms with Gasteiger partial charge in [-0.25, -0.2) is 0 Å². The molecule has 84 valence electrons. The van der Waals surface area contributed by atoms with Gasteiger partial charge in [0.1, 0.15) is 0 Å². The van der Waals surface area contributed by atoms with E-state index in [4.69, 9.17) is 4.42 Å². The fourth-order valence-electron chi connectivity index (χ4n) is 1.86. The van der Waals surface area contributed by atoms with Crippen LogP contribution >= 0.6 is 12.4 Å². The molecule has 0 saturated carbocycles. The van der Waals surface area contributed by atoms with Crippen LogP contribution in [-0.4, -0.2) is 18.0 Å². The lowest BCUT2D eigenvalue weighted by atomic mass is 10.1. The summed E-state index contributed by atoms with van der Waals surface area (Å²) >= 11 is 0. The van der Waals surface area contributed by atoms with Crippen LogP contribution < -0.4 is 5.43 Å². The predicted molar refractivity (Wildman–Crippen MR) is 61.4 cm³/mol. The predicted octanol–water partition coefficient (Wildman–Crippen LogP) is 2.05. The summed E-state index contributed by atoms with van der Waals surface area (Å²) < 4.78 is 5.00. The maximum Gasteiger partial charge on any atom is 0.189 e. The van der Waals surface area contributed by atoms with E-state index in [9.17, 15) is 4.79 Å². The van der Waals surface area contributed by atoms with Gasteiger partial charge in [-0.15, -0.1) is 12.4 Å². The van der Waals surface area contributed by atoms with E-state index in [2.05, 4.69) is 4.90 Å². The molecule has 1 aliphatic heterocycles. The first-order chi connectivity index (χ1) is 6.86. The van der Waals surface area contributed by atoms with E-state index >= 15 is 0 Å². The molecule has 0 amide bonds.